The summed E-state index contributed by atoms with van der Waals surface area (Å²) in [7, 11) is 1.75. The Balaban J connectivity index is 1.66. The van der Waals surface area contributed by atoms with Crippen molar-refractivity contribution in [1.82, 2.24) is 9.55 Å². The summed E-state index contributed by atoms with van der Waals surface area (Å²) in [5.41, 5.74) is 3.24. The molecule has 0 spiro atoms. The molecule has 1 N–H and O–H groups in total. The number of amides is 1. The molecule has 1 aromatic heterocycles. The fourth-order valence-corrected chi connectivity index (χ4v) is 3.77. The van der Waals surface area contributed by atoms with E-state index in [9.17, 15) is 9.59 Å². The van der Waals surface area contributed by atoms with Gasteiger partial charge in [-0.3, -0.25) is 9.59 Å². The normalized spacial score (nSPS) is 11.0. The lowest BCUT2D eigenvalue weighted by Crippen LogP contribution is -2.21. The van der Waals surface area contributed by atoms with Crippen LogP contribution in [0.1, 0.15) is 10.4 Å². The van der Waals surface area contributed by atoms with Crippen LogP contribution in [-0.4, -0.2) is 15.5 Å². The number of fused-ring (bicyclic) bond motifs is 2. The van der Waals surface area contributed by atoms with Crippen LogP contribution in [0.5, 0.6) is 0 Å². The van der Waals surface area contributed by atoms with Crippen LogP contribution in [-0.2, 0) is 7.05 Å². The third kappa shape index (κ3) is 3.36. The summed E-state index contributed by atoms with van der Waals surface area (Å²) in [6, 6.07) is 28.2. The third-order valence-corrected chi connectivity index (χ3v) is 5.41. The molecule has 0 radical (unpaired) electrons. The lowest BCUT2D eigenvalue weighted by Gasteiger charge is -2.13. The summed E-state index contributed by atoms with van der Waals surface area (Å²) in [6.45, 7) is 0. The van der Waals surface area contributed by atoms with Crippen molar-refractivity contribution in [1.29, 1.82) is 0 Å². The van der Waals surface area contributed by atoms with E-state index in [2.05, 4.69) is 5.32 Å². The number of hydrogen-bond acceptors (Lipinski definition) is 3. The molecule has 1 heterocycles. The van der Waals surface area contributed by atoms with Gasteiger partial charge >= 0.3 is 0 Å². The minimum atomic E-state index is -0.239. The number of aryl methyl sites for hydroxylation is 1. The van der Waals surface area contributed by atoms with E-state index in [1.165, 1.54) is 0 Å². The largest absolute Gasteiger partial charge is 0.321 e. The second-order valence-electron chi connectivity index (χ2n) is 7.38. The average molecular weight is 405 g/mol. The highest BCUT2D eigenvalue weighted by Gasteiger charge is 2.16. The van der Waals surface area contributed by atoms with Crippen molar-refractivity contribution >= 4 is 33.4 Å². The number of anilines is 1. The smallest absolute Gasteiger partial charge is 0.277 e. The minimum absolute atomic E-state index is 0.218. The van der Waals surface area contributed by atoms with Gasteiger partial charge < -0.3 is 9.88 Å². The first-order valence-electron chi connectivity index (χ1n) is 9.97. The van der Waals surface area contributed by atoms with Crippen molar-refractivity contribution in [2.24, 2.45) is 7.05 Å². The molecule has 0 saturated carbocycles. The van der Waals surface area contributed by atoms with Gasteiger partial charge in [0.15, 0.2) is 0 Å². The standard InChI is InChI=1S/C26H19N3O2/c1-29-23-16-19-12-6-5-11-18(19)15-22(23)27-24(26(29)31)20-13-7-8-14-21(20)28-25(30)17-9-3-2-4-10-17/h2-16H,1H3,(H,28,30). The van der Waals surface area contributed by atoms with Gasteiger partial charge in [0.1, 0.15) is 5.69 Å². The van der Waals surface area contributed by atoms with Gasteiger partial charge in [-0.25, -0.2) is 4.98 Å². The van der Waals surface area contributed by atoms with E-state index in [0.717, 1.165) is 21.8 Å². The molecule has 31 heavy (non-hydrogen) atoms. The third-order valence-electron chi connectivity index (χ3n) is 5.41. The van der Waals surface area contributed by atoms with E-state index in [1.807, 2.05) is 66.7 Å². The highest BCUT2D eigenvalue weighted by Crippen LogP contribution is 2.27. The zero-order valence-corrected chi connectivity index (χ0v) is 16.9. The van der Waals surface area contributed by atoms with Crippen LogP contribution in [0.3, 0.4) is 0 Å². The van der Waals surface area contributed by atoms with Crippen LogP contribution in [0.15, 0.2) is 95.8 Å². The summed E-state index contributed by atoms with van der Waals surface area (Å²) in [5.74, 6) is -0.239. The van der Waals surface area contributed by atoms with E-state index in [-0.39, 0.29) is 11.5 Å². The number of carbonyl (C=O) groups is 1. The molecule has 5 rings (SSSR count). The van der Waals surface area contributed by atoms with Crippen molar-refractivity contribution < 1.29 is 4.79 Å². The molecule has 5 heteroatoms. The highest BCUT2D eigenvalue weighted by molar-refractivity contribution is 6.06. The number of nitrogens with one attached hydrogen (secondary N) is 1. The Morgan fingerprint density at radius 1 is 0.839 bits per heavy atom. The lowest BCUT2D eigenvalue weighted by molar-refractivity contribution is 0.102. The van der Waals surface area contributed by atoms with Crippen molar-refractivity contribution in [2.75, 3.05) is 5.32 Å². The summed E-state index contributed by atoms with van der Waals surface area (Å²) in [4.78, 5) is 30.6. The molecule has 0 aliphatic heterocycles. The second kappa shape index (κ2) is 7.54. The first-order valence-corrected chi connectivity index (χ1v) is 9.97. The maximum Gasteiger partial charge on any atom is 0.277 e. The van der Waals surface area contributed by atoms with Gasteiger partial charge in [-0.15, -0.1) is 0 Å². The number of hydrogen-bond donors (Lipinski definition) is 1. The summed E-state index contributed by atoms with van der Waals surface area (Å²) < 4.78 is 1.61. The maximum absolute atomic E-state index is 13.2. The highest BCUT2D eigenvalue weighted by atomic mass is 16.1. The molecule has 150 valence electrons. The number of para-hydroxylation sites is 1. The van der Waals surface area contributed by atoms with Gasteiger partial charge in [0.25, 0.3) is 11.5 Å². The van der Waals surface area contributed by atoms with Crippen LogP contribution < -0.4 is 10.9 Å². The van der Waals surface area contributed by atoms with E-state index < -0.39 is 0 Å². The van der Waals surface area contributed by atoms with Gasteiger partial charge in [-0.1, -0.05) is 60.7 Å². The summed E-state index contributed by atoms with van der Waals surface area (Å²) in [6.07, 6.45) is 0. The van der Waals surface area contributed by atoms with Crippen LogP contribution in [0.2, 0.25) is 0 Å². The van der Waals surface area contributed by atoms with E-state index >= 15 is 0 Å². The van der Waals surface area contributed by atoms with Crippen molar-refractivity contribution in [3.05, 3.63) is 107 Å². The molecule has 0 saturated heterocycles. The van der Waals surface area contributed by atoms with Gasteiger partial charge in [0.2, 0.25) is 0 Å². The van der Waals surface area contributed by atoms with Gasteiger partial charge in [-0.05, 0) is 41.1 Å². The quantitative estimate of drug-likeness (QED) is 0.429. The molecule has 5 aromatic rings. The van der Waals surface area contributed by atoms with Gasteiger partial charge in [0.05, 0.1) is 16.7 Å². The SMILES string of the molecule is Cn1c(=O)c(-c2ccccc2NC(=O)c2ccccc2)nc2cc3ccccc3cc21. The summed E-state index contributed by atoms with van der Waals surface area (Å²) in [5, 5.41) is 5.03. The minimum Gasteiger partial charge on any atom is -0.321 e. The Labute approximate surface area is 178 Å². The maximum atomic E-state index is 13.2. The Morgan fingerprint density at radius 2 is 1.48 bits per heavy atom. The molecular weight excluding hydrogens is 386 g/mol. The molecule has 0 atom stereocenters. The predicted octanol–water partition coefficient (Wildman–Crippen LogP) is 5.01. The fourth-order valence-electron chi connectivity index (χ4n) is 3.77. The van der Waals surface area contributed by atoms with Gasteiger partial charge in [0, 0.05) is 18.2 Å². The molecular formula is C26H19N3O2. The fraction of sp³-hybridized carbons (Fsp3) is 0.0385. The first-order chi connectivity index (χ1) is 15.1. The Bertz CT molecular complexity index is 1500. The van der Waals surface area contributed by atoms with E-state index in [0.29, 0.717) is 22.5 Å². The molecule has 5 nitrogen and oxygen atoms in total. The second-order valence-corrected chi connectivity index (χ2v) is 7.38. The monoisotopic (exact) mass is 405 g/mol. The molecule has 0 aliphatic rings. The molecule has 0 bridgehead atoms. The predicted molar refractivity (Wildman–Crippen MR) is 124 cm³/mol. The number of benzene rings is 4. The van der Waals surface area contributed by atoms with Crippen LogP contribution in [0.25, 0.3) is 33.1 Å². The number of carbonyl (C=O) groups excluding carboxylic acids is 1. The average Bonchev–Trinajstić information content (AvgIpc) is 2.81. The van der Waals surface area contributed by atoms with Crippen LogP contribution in [0, 0.1) is 0 Å². The molecule has 1 amide bonds. The van der Waals surface area contributed by atoms with Crippen molar-refractivity contribution in [3.8, 4) is 11.3 Å². The van der Waals surface area contributed by atoms with E-state index in [4.69, 9.17) is 4.98 Å². The molecule has 0 aliphatic carbocycles. The molecule has 4 aromatic carbocycles. The first kappa shape index (κ1) is 18.8. The van der Waals surface area contributed by atoms with Crippen LogP contribution >= 0.6 is 0 Å². The number of rotatable bonds is 3. The van der Waals surface area contributed by atoms with Crippen LogP contribution in [0.4, 0.5) is 5.69 Å². The van der Waals surface area contributed by atoms with E-state index in [1.54, 1.807) is 35.9 Å². The topological polar surface area (TPSA) is 64.0 Å². The molecule has 0 fully saturated rings. The van der Waals surface area contributed by atoms with Gasteiger partial charge in [-0.2, -0.15) is 0 Å². The zero-order chi connectivity index (χ0) is 21.4. The lowest BCUT2D eigenvalue weighted by atomic mass is 10.1. The van der Waals surface area contributed by atoms with Crippen molar-refractivity contribution in [2.45, 2.75) is 0 Å². The summed E-state index contributed by atoms with van der Waals surface area (Å²) >= 11 is 0. The Morgan fingerprint density at radius 3 is 2.26 bits per heavy atom. The Hall–Kier alpha value is -4.25. The number of nitrogens with zero attached hydrogens (tertiary/aromatic N) is 2. The zero-order valence-electron chi connectivity index (χ0n) is 16.9. The van der Waals surface area contributed by atoms with Crippen molar-refractivity contribution in [3.63, 3.8) is 0 Å². The Kier molecular flexibility index (Phi) is 4.56. The molecule has 0 unspecified atom stereocenters. The number of aromatic nitrogens is 2.